The molecule has 0 aliphatic carbocycles. The van der Waals surface area contributed by atoms with E-state index in [0.29, 0.717) is 0 Å². The van der Waals surface area contributed by atoms with E-state index >= 15 is 0 Å². The summed E-state index contributed by atoms with van der Waals surface area (Å²) in [7, 11) is 0. The van der Waals surface area contributed by atoms with Crippen LogP contribution in [0.3, 0.4) is 0 Å². The summed E-state index contributed by atoms with van der Waals surface area (Å²) in [5.41, 5.74) is 4.79. The fourth-order valence-corrected chi connectivity index (χ4v) is 2.75. The number of hydrogen-bond acceptors (Lipinski definition) is 1. The van der Waals surface area contributed by atoms with E-state index in [0.717, 1.165) is 0 Å². The van der Waals surface area contributed by atoms with Gasteiger partial charge < -0.3 is 5.32 Å². The lowest BCUT2D eigenvalue weighted by molar-refractivity contribution is 0.872. The SMILES string of the molecule is C/C=C\NC=NC(c1ccccc1)c1ccc(-c2ccccc2)cc1. The second-order valence-electron chi connectivity index (χ2n) is 5.75. The highest BCUT2D eigenvalue weighted by Crippen LogP contribution is 2.28. The van der Waals surface area contributed by atoms with Crippen molar-refractivity contribution in [2.75, 3.05) is 0 Å². The van der Waals surface area contributed by atoms with Crippen LogP contribution in [0.1, 0.15) is 24.1 Å². The van der Waals surface area contributed by atoms with Crippen molar-refractivity contribution in [2.45, 2.75) is 13.0 Å². The van der Waals surface area contributed by atoms with Crippen LogP contribution in [-0.2, 0) is 0 Å². The molecule has 3 aromatic carbocycles. The Kier molecular flexibility index (Phi) is 5.78. The molecular formula is C23H22N2. The molecule has 1 atom stereocenters. The van der Waals surface area contributed by atoms with E-state index in [1.54, 1.807) is 6.34 Å². The van der Waals surface area contributed by atoms with Crippen LogP contribution < -0.4 is 5.32 Å². The molecule has 2 heteroatoms. The van der Waals surface area contributed by atoms with Gasteiger partial charge in [-0.1, -0.05) is 91.0 Å². The Labute approximate surface area is 149 Å². The van der Waals surface area contributed by atoms with Crippen molar-refractivity contribution in [3.8, 4) is 11.1 Å². The Morgan fingerprint density at radius 1 is 0.720 bits per heavy atom. The molecule has 0 saturated carbocycles. The van der Waals surface area contributed by atoms with Gasteiger partial charge in [-0.3, -0.25) is 4.99 Å². The predicted molar refractivity (Wildman–Crippen MR) is 107 cm³/mol. The third-order valence-corrected chi connectivity index (χ3v) is 4.01. The summed E-state index contributed by atoms with van der Waals surface area (Å²) < 4.78 is 0. The zero-order chi connectivity index (χ0) is 17.3. The normalized spacial score (nSPS) is 12.5. The number of hydrogen-bond donors (Lipinski definition) is 1. The minimum atomic E-state index is -0.0243. The van der Waals surface area contributed by atoms with Crippen LogP contribution in [0.2, 0.25) is 0 Å². The fourth-order valence-electron chi connectivity index (χ4n) is 2.75. The van der Waals surface area contributed by atoms with Gasteiger partial charge in [-0.05, 0) is 35.4 Å². The maximum atomic E-state index is 4.72. The van der Waals surface area contributed by atoms with E-state index in [9.17, 15) is 0 Å². The molecule has 0 heterocycles. The van der Waals surface area contributed by atoms with Crippen molar-refractivity contribution >= 4 is 6.34 Å². The summed E-state index contributed by atoms with van der Waals surface area (Å²) >= 11 is 0. The van der Waals surface area contributed by atoms with Gasteiger partial charge in [-0.15, -0.1) is 0 Å². The summed E-state index contributed by atoms with van der Waals surface area (Å²) in [6.45, 7) is 1.97. The topological polar surface area (TPSA) is 24.4 Å². The van der Waals surface area contributed by atoms with E-state index in [-0.39, 0.29) is 6.04 Å². The number of allylic oxidation sites excluding steroid dienone is 1. The first-order valence-corrected chi connectivity index (χ1v) is 8.47. The molecule has 1 unspecified atom stereocenters. The first-order valence-electron chi connectivity index (χ1n) is 8.47. The molecule has 0 fully saturated rings. The highest BCUT2D eigenvalue weighted by molar-refractivity contribution is 5.64. The Morgan fingerprint density at radius 3 is 1.92 bits per heavy atom. The van der Waals surface area contributed by atoms with Crippen LogP contribution >= 0.6 is 0 Å². The number of nitrogens with one attached hydrogen (secondary N) is 1. The molecule has 3 aromatic rings. The average Bonchev–Trinajstić information content (AvgIpc) is 2.70. The van der Waals surface area contributed by atoms with Crippen LogP contribution in [-0.4, -0.2) is 6.34 Å². The average molecular weight is 326 g/mol. The molecule has 0 amide bonds. The predicted octanol–water partition coefficient (Wildman–Crippen LogP) is 5.59. The molecule has 25 heavy (non-hydrogen) atoms. The highest BCUT2D eigenvalue weighted by atomic mass is 14.9. The largest absolute Gasteiger partial charge is 0.353 e. The van der Waals surface area contributed by atoms with Crippen molar-refractivity contribution in [2.24, 2.45) is 4.99 Å². The van der Waals surface area contributed by atoms with Crippen molar-refractivity contribution < 1.29 is 0 Å². The van der Waals surface area contributed by atoms with Gasteiger partial charge in [-0.2, -0.15) is 0 Å². The highest BCUT2D eigenvalue weighted by Gasteiger charge is 2.12. The molecule has 0 aromatic heterocycles. The van der Waals surface area contributed by atoms with Crippen LogP contribution in [0, 0.1) is 0 Å². The Bertz CT molecular complexity index is 819. The zero-order valence-electron chi connectivity index (χ0n) is 14.3. The van der Waals surface area contributed by atoms with E-state index in [2.05, 4.69) is 78.1 Å². The molecule has 2 nitrogen and oxygen atoms in total. The standard InChI is InChI=1S/C23H22N2/c1-2-17-24-18-25-23(21-11-7-4-8-12-21)22-15-13-20(14-16-22)19-9-5-3-6-10-19/h2-18,23H,1H3,(H,24,25)/b17-2-. The van der Waals surface area contributed by atoms with Gasteiger partial charge in [0.25, 0.3) is 0 Å². The quantitative estimate of drug-likeness (QED) is 0.463. The minimum absolute atomic E-state index is 0.0243. The van der Waals surface area contributed by atoms with Crippen LogP contribution in [0.4, 0.5) is 0 Å². The van der Waals surface area contributed by atoms with Crippen LogP contribution in [0.5, 0.6) is 0 Å². The molecular weight excluding hydrogens is 304 g/mol. The monoisotopic (exact) mass is 326 g/mol. The van der Waals surface area contributed by atoms with Gasteiger partial charge in [0.05, 0.1) is 6.34 Å². The van der Waals surface area contributed by atoms with Crippen LogP contribution in [0.25, 0.3) is 11.1 Å². The molecule has 0 spiro atoms. The number of nitrogens with zero attached hydrogens (tertiary/aromatic N) is 1. The van der Waals surface area contributed by atoms with Gasteiger partial charge in [-0.25, -0.2) is 0 Å². The second kappa shape index (κ2) is 8.65. The third kappa shape index (κ3) is 4.45. The van der Waals surface area contributed by atoms with E-state index < -0.39 is 0 Å². The third-order valence-electron chi connectivity index (χ3n) is 4.01. The smallest absolute Gasteiger partial charge is 0.102 e. The molecule has 0 saturated heterocycles. The van der Waals surface area contributed by atoms with E-state index in [1.807, 2.05) is 31.3 Å². The van der Waals surface area contributed by atoms with Gasteiger partial charge in [0.15, 0.2) is 0 Å². The molecule has 124 valence electrons. The minimum Gasteiger partial charge on any atom is -0.353 e. The summed E-state index contributed by atoms with van der Waals surface area (Å²) in [4.78, 5) is 4.72. The number of rotatable bonds is 6. The Balaban J connectivity index is 1.89. The van der Waals surface area contributed by atoms with Crippen LogP contribution in [0.15, 0.2) is 102 Å². The molecule has 0 aliphatic heterocycles. The Morgan fingerprint density at radius 2 is 1.28 bits per heavy atom. The van der Waals surface area contributed by atoms with E-state index in [1.165, 1.54) is 22.3 Å². The van der Waals surface area contributed by atoms with Crippen molar-refractivity contribution in [1.82, 2.24) is 5.32 Å². The first-order chi connectivity index (χ1) is 12.4. The molecule has 0 bridgehead atoms. The molecule has 0 radical (unpaired) electrons. The van der Waals surface area contributed by atoms with Gasteiger partial charge >= 0.3 is 0 Å². The van der Waals surface area contributed by atoms with Crippen molar-refractivity contribution in [3.05, 3.63) is 108 Å². The molecule has 3 rings (SSSR count). The van der Waals surface area contributed by atoms with E-state index in [4.69, 9.17) is 4.99 Å². The summed E-state index contributed by atoms with van der Waals surface area (Å²) in [5.74, 6) is 0. The lowest BCUT2D eigenvalue weighted by Crippen LogP contribution is -2.05. The fraction of sp³-hybridized carbons (Fsp3) is 0.0870. The molecule has 0 aliphatic rings. The second-order valence-corrected chi connectivity index (χ2v) is 5.75. The maximum absolute atomic E-state index is 4.72. The Hall–Kier alpha value is -3.13. The van der Waals surface area contributed by atoms with Gasteiger partial charge in [0.1, 0.15) is 6.04 Å². The van der Waals surface area contributed by atoms with Gasteiger partial charge in [0, 0.05) is 0 Å². The first kappa shape index (κ1) is 16.7. The lowest BCUT2D eigenvalue weighted by atomic mass is 9.96. The van der Waals surface area contributed by atoms with Gasteiger partial charge in [0.2, 0.25) is 0 Å². The van der Waals surface area contributed by atoms with Crippen molar-refractivity contribution in [3.63, 3.8) is 0 Å². The summed E-state index contributed by atoms with van der Waals surface area (Å²) in [6, 6.07) is 29.4. The number of benzene rings is 3. The summed E-state index contributed by atoms with van der Waals surface area (Å²) in [6.07, 6.45) is 5.56. The number of aliphatic imine (C=N–C) groups is 1. The van der Waals surface area contributed by atoms with Crippen molar-refractivity contribution in [1.29, 1.82) is 0 Å². The molecule has 1 N–H and O–H groups in total. The summed E-state index contributed by atoms with van der Waals surface area (Å²) in [5, 5.41) is 3.07. The zero-order valence-corrected chi connectivity index (χ0v) is 14.3. The maximum Gasteiger partial charge on any atom is 0.102 e. The lowest BCUT2D eigenvalue weighted by Gasteiger charge is -2.14.